The van der Waals surface area contributed by atoms with E-state index >= 15 is 0 Å². The molecule has 5 heteroatoms. The summed E-state index contributed by atoms with van der Waals surface area (Å²) in [4.78, 5) is 24.3. The van der Waals surface area contributed by atoms with Gasteiger partial charge in [-0.15, -0.1) is 6.42 Å². The summed E-state index contributed by atoms with van der Waals surface area (Å²) < 4.78 is 0. The zero-order valence-corrected chi connectivity index (χ0v) is 11.8. The van der Waals surface area contributed by atoms with Crippen LogP contribution in [0.15, 0.2) is 24.3 Å². The first kappa shape index (κ1) is 15.6. The van der Waals surface area contributed by atoms with Crippen molar-refractivity contribution in [2.75, 3.05) is 11.4 Å². The van der Waals surface area contributed by atoms with E-state index in [9.17, 15) is 9.59 Å². The van der Waals surface area contributed by atoms with Crippen LogP contribution in [-0.4, -0.2) is 29.2 Å². The molecule has 0 heterocycles. The van der Waals surface area contributed by atoms with Crippen molar-refractivity contribution in [3.8, 4) is 12.3 Å². The monoisotopic (exact) mass is 274 g/mol. The van der Waals surface area contributed by atoms with E-state index in [4.69, 9.17) is 11.5 Å². The highest BCUT2D eigenvalue weighted by Gasteiger charge is 2.24. The number of hydrogen-bond donors (Lipinski definition) is 2. The summed E-state index contributed by atoms with van der Waals surface area (Å²) in [5, 5.41) is 11.6. The molecular weight excluding hydrogens is 256 g/mol. The molecule has 0 aliphatic carbocycles. The number of carbonyl (C=O) groups excluding carboxylic acids is 1. The van der Waals surface area contributed by atoms with Gasteiger partial charge in [-0.2, -0.15) is 0 Å². The van der Waals surface area contributed by atoms with Crippen molar-refractivity contribution >= 4 is 17.7 Å². The quantitative estimate of drug-likeness (QED) is 0.825. The van der Waals surface area contributed by atoms with Crippen LogP contribution in [0.4, 0.5) is 10.5 Å². The number of amides is 2. The average Bonchev–Trinajstić information content (AvgIpc) is 2.36. The lowest BCUT2D eigenvalue weighted by Crippen LogP contribution is -2.50. The Morgan fingerprint density at radius 3 is 2.35 bits per heavy atom. The largest absolute Gasteiger partial charge is 0.480 e. The van der Waals surface area contributed by atoms with Crippen LogP contribution >= 0.6 is 0 Å². The van der Waals surface area contributed by atoms with Gasteiger partial charge in [0.05, 0.1) is 5.54 Å². The molecule has 2 N–H and O–H groups in total. The number of carboxylic acids is 1. The molecule has 0 unspecified atom stereocenters. The van der Waals surface area contributed by atoms with Gasteiger partial charge in [-0.25, -0.2) is 4.79 Å². The molecule has 106 valence electrons. The molecule has 0 bridgehead atoms. The molecule has 0 fully saturated rings. The number of hydrogen-bond acceptors (Lipinski definition) is 2. The second-order valence-electron chi connectivity index (χ2n) is 5.01. The summed E-state index contributed by atoms with van der Waals surface area (Å²) in [5.74, 6) is 1.34. The number of nitrogens with zero attached hydrogens (tertiary/aromatic N) is 1. The van der Waals surface area contributed by atoms with Gasteiger partial charge in [-0.05, 0) is 32.9 Å². The van der Waals surface area contributed by atoms with E-state index < -0.39 is 24.1 Å². The molecule has 1 aromatic rings. The maximum absolute atomic E-state index is 12.2. The number of aliphatic carboxylic acids is 1. The van der Waals surface area contributed by atoms with Crippen LogP contribution in [0.5, 0.6) is 0 Å². The first-order chi connectivity index (χ1) is 9.25. The number of aryl methyl sites for hydroxylation is 1. The minimum atomic E-state index is -1.10. The Morgan fingerprint density at radius 2 is 1.90 bits per heavy atom. The van der Waals surface area contributed by atoms with Gasteiger partial charge in [-0.3, -0.25) is 9.69 Å². The average molecular weight is 274 g/mol. The maximum Gasteiger partial charge on any atom is 0.323 e. The third-order valence-corrected chi connectivity index (χ3v) is 2.66. The van der Waals surface area contributed by atoms with Gasteiger partial charge < -0.3 is 10.4 Å². The fourth-order valence-corrected chi connectivity index (χ4v) is 1.51. The molecule has 0 saturated heterocycles. The molecule has 1 rings (SSSR count). The van der Waals surface area contributed by atoms with Crippen molar-refractivity contribution in [1.82, 2.24) is 5.32 Å². The molecule has 2 amide bonds. The summed E-state index contributed by atoms with van der Waals surface area (Å²) in [6, 6.07) is 6.47. The minimum absolute atomic E-state index is 0.435. The second-order valence-corrected chi connectivity index (χ2v) is 5.01. The van der Waals surface area contributed by atoms with Crippen LogP contribution < -0.4 is 10.2 Å². The summed E-state index contributed by atoms with van der Waals surface area (Å²) in [6.07, 6.45) is 5.31. The van der Waals surface area contributed by atoms with Crippen LogP contribution in [0.2, 0.25) is 0 Å². The number of carbonyl (C=O) groups is 2. The maximum atomic E-state index is 12.2. The third-order valence-electron chi connectivity index (χ3n) is 2.66. The Kier molecular flexibility index (Phi) is 4.76. The van der Waals surface area contributed by atoms with Gasteiger partial charge in [0.1, 0.15) is 6.54 Å². The lowest BCUT2D eigenvalue weighted by Gasteiger charge is -2.27. The molecule has 0 aromatic heterocycles. The third kappa shape index (κ3) is 4.32. The highest BCUT2D eigenvalue weighted by molar-refractivity contribution is 5.96. The van der Waals surface area contributed by atoms with E-state index in [1.807, 2.05) is 19.1 Å². The molecule has 20 heavy (non-hydrogen) atoms. The first-order valence-electron chi connectivity index (χ1n) is 6.11. The van der Waals surface area contributed by atoms with E-state index in [1.54, 1.807) is 26.0 Å². The van der Waals surface area contributed by atoms with Gasteiger partial charge in [-0.1, -0.05) is 23.6 Å². The molecule has 0 aliphatic rings. The molecule has 5 nitrogen and oxygen atoms in total. The van der Waals surface area contributed by atoms with E-state index in [-0.39, 0.29) is 0 Å². The van der Waals surface area contributed by atoms with Gasteiger partial charge in [0.15, 0.2) is 0 Å². The fourth-order valence-electron chi connectivity index (χ4n) is 1.51. The normalized spacial score (nSPS) is 10.5. The Morgan fingerprint density at radius 1 is 1.35 bits per heavy atom. The SMILES string of the molecule is C#CC(C)(C)NC(=O)N(CC(=O)O)c1ccc(C)cc1. The van der Waals surface area contributed by atoms with Crippen molar-refractivity contribution in [3.05, 3.63) is 29.8 Å². The molecule has 0 spiro atoms. The highest BCUT2D eigenvalue weighted by atomic mass is 16.4. The minimum Gasteiger partial charge on any atom is -0.480 e. The smallest absolute Gasteiger partial charge is 0.323 e. The zero-order chi connectivity index (χ0) is 15.3. The number of rotatable bonds is 4. The van der Waals surface area contributed by atoms with Gasteiger partial charge in [0.25, 0.3) is 0 Å². The van der Waals surface area contributed by atoms with Crippen LogP contribution in [-0.2, 0) is 4.79 Å². The predicted octanol–water partition coefficient (Wildman–Crippen LogP) is 2.01. The molecule has 0 atom stereocenters. The molecule has 1 aromatic carbocycles. The van der Waals surface area contributed by atoms with Gasteiger partial charge in [0, 0.05) is 5.69 Å². The number of anilines is 1. The number of urea groups is 1. The highest BCUT2D eigenvalue weighted by Crippen LogP contribution is 2.16. The van der Waals surface area contributed by atoms with E-state index in [0.717, 1.165) is 10.5 Å². The molecule has 0 saturated carbocycles. The van der Waals surface area contributed by atoms with Crippen LogP contribution in [0.3, 0.4) is 0 Å². The number of nitrogens with one attached hydrogen (secondary N) is 1. The van der Waals surface area contributed by atoms with E-state index in [1.165, 1.54) is 0 Å². The Hall–Kier alpha value is -2.48. The lowest BCUT2D eigenvalue weighted by molar-refractivity contribution is -0.135. The Balaban J connectivity index is 3.01. The number of carboxylic acid groups (broad SMARTS) is 1. The predicted molar refractivity (Wildman–Crippen MR) is 77.6 cm³/mol. The lowest BCUT2D eigenvalue weighted by atomic mass is 10.1. The summed E-state index contributed by atoms with van der Waals surface area (Å²) in [7, 11) is 0. The van der Waals surface area contributed by atoms with Crippen LogP contribution in [0, 0.1) is 19.3 Å². The summed E-state index contributed by atoms with van der Waals surface area (Å²) in [5.41, 5.74) is 0.676. The zero-order valence-electron chi connectivity index (χ0n) is 11.8. The van der Waals surface area contributed by atoms with Crippen molar-refractivity contribution in [2.45, 2.75) is 26.3 Å². The summed E-state index contributed by atoms with van der Waals surface area (Å²) in [6.45, 7) is 4.81. The van der Waals surface area contributed by atoms with Gasteiger partial charge >= 0.3 is 12.0 Å². The van der Waals surface area contributed by atoms with Crippen molar-refractivity contribution < 1.29 is 14.7 Å². The number of terminal acetylenes is 1. The van der Waals surface area contributed by atoms with Crippen LogP contribution in [0.1, 0.15) is 19.4 Å². The molecule has 0 radical (unpaired) electrons. The topological polar surface area (TPSA) is 69.6 Å². The molecule has 0 aliphatic heterocycles. The van der Waals surface area contributed by atoms with Gasteiger partial charge in [0.2, 0.25) is 0 Å². The van der Waals surface area contributed by atoms with Crippen molar-refractivity contribution in [1.29, 1.82) is 0 Å². The Labute approximate surface area is 118 Å². The standard InChI is InChI=1S/C15H18N2O3/c1-5-15(3,4)16-14(20)17(10-13(18)19)12-8-6-11(2)7-9-12/h1,6-9H,10H2,2-4H3,(H,16,20)(H,18,19). The second kappa shape index (κ2) is 6.11. The van der Waals surface area contributed by atoms with E-state index in [0.29, 0.717) is 5.69 Å². The summed E-state index contributed by atoms with van der Waals surface area (Å²) >= 11 is 0. The molecular formula is C15H18N2O3. The Bertz CT molecular complexity index is 541. The van der Waals surface area contributed by atoms with Crippen molar-refractivity contribution in [3.63, 3.8) is 0 Å². The fraction of sp³-hybridized carbons (Fsp3) is 0.333. The first-order valence-corrected chi connectivity index (χ1v) is 6.11. The van der Waals surface area contributed by atoms with E-state index in [2.05, 4.69) is 11.2 Å². The number of benzene rings is 1. The van der Waals surface area contributed by atoms with Crippen molar-refractivity contribution in [2.24, 2.45) is 0 Å². The van der Waals surface area contributed by atoms with Crippen LogP contribution in [0.25, 0.3) is 0 Å².